The van der Waals surface area contributed by atoms with Crippen molar-refractivity contribution in [2.75, 3.05) is 6.54 Å². The molecule has 0 aromatic carbocycles. The summed E-state index contributed by atoms with van der Waals surface area (Å²) in [5.74, 6) is 6.36. The van der Waals surface area contributed by atoms with Crippen LogP contribution in [0.3, 0.4) is 0 Å². The molecule has 7 rings (SSSR count). The van der Waals surface area contributed by atoms with E-state index in [0.29, 0.717) is 29.5 Å². The van der Waals surface area contributed by atoms with Crippen LogP contribution in [-0.2, 0) is 4.79 Å². The van der Waals surface area contributed by atoms with Crippen molar-refractivity contribution in [1.29, 1.82) is 0 Å². The molecule has 7 aliphatic rings. The lowest BCUT2D eigenvalue weighted by Crippen LogP contribution is -2.35. The second kappa shape index (κ2) is 20.6. The average Bonchev–Trinajstić information content (AvgIpc) is 3.71. The van der Waals surface area contributed by atoms with E-state index in [0.717, 1.165) is 68.7 Å². The van der Waals surface area contributed by atoms with Crippen LogP contribution < -0.4 is 5.32 Å². The molecule has 0 amide bonds. The molecule has 2 bridgehead atoms. The first-order chi connectivity index (χ1) is 26.7. The number of carbonyl (C=O) groups excluding carboxylic acids is 1. The van der Waals surface area contributed by atoms with Gasteiger partial charge in [0.05, 0.1) is 0 Å². The van der Waals surface area contributed by atoms with Crippen LogP contribution in [0.1, 0.15) is 200 Å². The molecule has 3 nitrogen and oxygen atoms in total. The highest BCUT2D eigenvalue weighted by atomic mass is 16.1. The minimum atomic E-state index is -0.171. The van der Waals surface area contributed by atoms with Gasteiger partial charge in [0.1, 0.15) is 5.78 Å². The maximum absolute atomic E-state index is 13.3. The lowest BCUT2D eigenvalue weighted by Gasteiger charge is -2.44. The predicted octanol–water partition coefficient (Wildman–Crippen LogP) is 14.8. The molecule has 308 valence electrons. The van der Waals surface area contributed by atoms with Gasteiger partial charge in [-0.2, -0.15) is 0 Å². The van der Waals surface area contributed by atoms with Gasteiger partial charge in [-0.3, -0.25) is 4.79 Å². The summed E-state index contributed by atoms with van der Waals surface area (Å²) >= 11 is 0. The molecule has 0 radical (unpaired) electrons. The van der Waals surface area contributed by atoms with Gasteiger partial charge in [0.15, 0.2) is 0 Å². The Hall–Kier alpha value is -2.03. The zero-order valence-electron chi connectivity index (χ0n) is 35.9. The van der Waals surface area contributed by atoms with E-state index in [1.807, 2.05) is 0 Å². The van der Waals surface area contributed by atoms with Gasteiger partial charge in [0.25, 0.3) is 0 Å². The van der Waals surface area contributed by atoms with E-state index >= 15 is 0 Å². The summed E-state index contributed by atoms with van der Waals surface area (Å²) < 4.78 is 0. The minimum Gasteiger partial charge on any atom is -0.363 e. The Morgan fingerprint density at radius 2 is 1.07 bits per heavy atom. The number of rotatable bonds is 16. The summed E-state index contributed by atoms with van der Waals surface area (Å²) in [5, 5.41) is 3.45. The van der Waals surface area contributed by atoms with E-state index in [1.54, 1.807) is 0 Å². The van der Waals surface area contributed by atoms with E-state index in [1.165, 1.54) is 182 Å². The molecule has 2 heterocycles. The highest BCUT2D eigenvalue weighted by molar-refractivity contribution is 5.91. The summed E-state index contributed by atoms with van der Waals surface area (Å²) in [7, 11) is 0. The van der Waals surface area contributed by atoms with Crippen LogP contribution in [0.25, 0.3) is 0 Å². The first kappa shape index (κ1) is 42.6. The lowest BCUT2D eigenvalue weighted by atomic mass is 9.61. The summed E-state index contributed by atoms with van der Waals surface area (Å²) in [5.41, 5.74) is 6.08. The number of allylic oxidation sites excluding steroid dienone is 5. The maximum Gasteiger partial charge on any atom is 0.143 e. The first-order valence-corrected chi connectivity index (χ1v) is 24.3. The molecule has 2 aliphatic heterocycles. The molecule has 9 unspecified atom stereocenters. The Labute approximate surface area is 339 Å². The zero-order valence-corrected chi connectivity index (χ0v) is 35.9. The number of ketones is 1. The van der Waals surface area contributed by atoms with Crippen molar-refractivity contribution in [3.8, 4) is 0 Å². The van der Waals surface area contributed by atoms with Crippen LogP contribution >= 0.6 is 0 Å². The number of hydrogen-bond donors (Lipinski definition) is 1. The van der Waals surface area contributed by atoms with Crippen LogP contribution in [0, 0.1) is 52.8 Å². The third-order valence-corrected chi connectivity index (χ3v) is 16.7. The number of fused-ring (bicyclic) bond motifs is 12. The Morgan fingerprint density at radius 1 is 0.582 bits per heavy atom. The minimum absolute atomic E-state index is 0.171. The van der Waals surface area contributed by atoms with Gasteiger partial charge in [0, 0.05) is 64.8 Å². The van der Waals surface area contributed by atoms with E-state index < -0.39 is 0 Å². The Morgan fingerprint density at radius 3 is 1.62 bits per heavy atom. The second-order valence-electron chi connectivity index (χ2n) is 19.9. The molecule has 5 saturated carbocycles. The summed E-state index contributed by atoms with van der Waals surface area (Å²) in [6.07, 6.45) is 39.4. The van der Waals surface area contributed by atoms with Crippen LogP contribution in [0.4, 0.5) is 0 Å². The summed E-state index contributed by atoms with van der Waals surface area (Å²) in [6.45, 7) is 25.8. The fourth-order valence-corrected chi connectivity index (χ4v) is 13.4. The van der Waals surface area contributed by atoms with Crippen LogP contribution in [0.5, 0.6) is 0 Å². The van der Waals surface area contributed by atoms with E-state index in [4.69, 9.17) is 0 Å². The van der Waals surface area contributed by atoms with Crippen molar-refractivity contribution in [1.82, 2.24) is 10.2 Å². The number of carbonyl (C=O) groups is 1. The fourth-order valence-electron chi connectivity index (χ4n) is 13.4. The van der Waals surface area contributed by atoms with Gasteiger partial charge in [-0.1, -0.05) is 167 Å². The predicted molar refractivity (Wildman–Crippen MR) is 235 cm³/mol. The van der Waals surface area contributed by atoms with Crippen LogP contribution in [0.2, 0.25) is 0 Å². The van der Waals surface area contributed by atoms with Crippen molar-refractivity contribution in [2.24, 2.45) is 52.8 Å². The van der Waals surface area contributed by atoms with Crippen molar-refractivity contribution in [3.63, 3.8) is 0 Å². The van der Waals surface area contributed by atoms with Crippen molar-refractivity contribution in [2.45, 2.75) is 200 Å². The number of nitrogens with one attached hydrogen (secondary N) is 1. The Kier molecular flexibility index (Phi) is 15.9. The number of Topliss-reactive ketones (excluding diaryl/α,β-unsaturated/α-hetero) is 1. The van der Waals surface area contributed by atoms with Crippen LogP contribution in [0.15, 0.2) is 61.3 Å². The molecule has 9 atom stereocenters. The quantitative estimate of drug-likeness (QED) is 0.126. The second-order valence-corrected chi connectivity index (χ2v) is 19.9. The average molecular weight is 753 g/mol. The standard InChI is InChI=1S/C52H84N2O/c1-7-8-9-10-13-19-27-45-43-25-18-15-16-22-33-52(38(2)29-32-51(52)55)34-23-21-26-44(31-30-43)46(45)28-20-14-11-12-17-24-35-54-41(5)49-36-47-39(3)53-40(4)48(47)37-50(49)42(54)6/h43-50,53H,2-37H2,1H3. The van der Waals surface area contributed by atoms with E-state index in [9.17, 15) is 4.79 Å². The maximum atomic E-state index is 13.3. The molecular formula is C52H84N2O. The van der Waals surface area contributed by atoms with E-state index in [-0.39, 0.29) is 5.41 Å². The van der Waals surface area contributed by atoms with Gasteiger partial charge in [0.2, 0.25) is 0 Å². The lowest BCUT2D eigenvalue weighted by molar-refractivity contribution is -0.125. The first-order valence-electron chi connectivity index (χ1n) is 24.3. The molecule has 0 aromatic heterocycles. The molecule has 2 saturated heterocycles. The largest absolute Gasteiger partial charge is 0.363 e. The summed E-state index contributed by atoms with van der Waals surface area (Å²) in [4.78, 5) is 15.8. The molecular weight excluding hydrogens is 669 g/mol. The molecule has 7 fully saturated rings. The number of unbranched alkanes of at least 4 members (excludes halogenated alkanes) is 10. The van der Waals surface area contributed by atoms with E-state index in [2.05, 4.69) is 50.0 Å². The normalized spacial score (nSPS) is 34.6. The zero-order chi connectivity index (χ0) is 38.8. The Bertz CT molecular complexity index is 1280. The highest BCUT2D eigenvalue weighted by Gasteiger charge is 2.50. The number of nitrogens with zero attached hydrogens (tertiary/aromatic N) is 1. The number of hydrogen-bond acceptors (Lipinski definition) is 3. The third kappa shape index (κ3) is 10.2. The van der Waals surface area contributed by atoms with Gasteiger partial charge in [-0.25, -0.2) is 0 Å². The third-order valence-electron chi connectivity index (χ3n) is 16.7. The van der Waals surface area contributed by atoms with Crippen molar-refractivity contribution in [3.05, 3.63) is 61.3 Å². The number of likely N-dealkylation sites (tertiary alicyclic amines) is 1. The van der Waals surface area contributed by atoms with Gasteiger partial charge >= 0.3 is 0 Å². The van der Waals surface area contributed by atoms with Gasteiger partial charge in [-0.15, -0.1) is 0 Å². The smallest absolute Gasteiger partial charge is 0.143 e. The topological polar surface area (TPSA) is 32.3 Å². The summed E-state index contributed by atoms with van der Waals surface area (Å²) in [6, 6.07) is 0. The monoisotopic (exact) mass is 753 g/mol. The fraction of sp³-hybridized carbons (Fsp3) is 0.788. The SMILES string of the molecule is C=C1NC(=C)C2CC3C(=C)N(CCCCCCCCC4C5CCCCC6(CCCCCCC(CC5)C4CCCCCCCC)C(=C)CCC6=O)C(=C)C3CC12. The molecule has 0 aromatic rings. The molecule has 1 spiro atoms. The Balaban J connectivity index is 0.981. The van der Waals surface area contributed by atoms with Crippen molar-refractivity contribution < 1.29 is 4.79 Å². The molecule has 1 N–H and O–H groups in total. The molecule has 5 aliphatic carbocycles. The molecule has 3 heteroatoms. The highest BCUT2D eigenvalue weighted by Crippen LogP contribution is 2.55. The van der Waals surface area contributed by atoms with Crippen molar-refractivity contribution >= 4 is 5.78 Å². The van der Waals surface area contributed by atoms with Gasteiger partial charge < -0.3 is 10.2 Å². The van der Waals surface area contributed by atoms with Gasteiger partial charge in [-0.05, 0) is 87.9 Å². The molecule has 55 heavy (non-hydrogen) atoms. The van der Waals surface area contributed by atoms with Crippen LogP contribution in [-0.4, -0.2) is 17.2 Å².